The molecule has 3 heterocycles. The first-order valence-corrected chi connectivity index (χ1v) is 9.80. The average Bonchev–Trinajstić information content (AvgIpc) is 3.39. The van der Waals surface area contributed by atoms with Gasteiger partial charge in [0.25, 0.3) is 0 Å². The van der Waals surface area contributed by atoms with E-state index in [1.165, 1.54) is 0 Å². The molecule has 0 spiro atoms. The summed E-state index contributed by atoms with van der Waals surface area (Å²) >= 11 is 0. The van der Waals surface area contributed by atoms with E-state index >= 15 is 0 Å². The number of piperidine rings is 1. The third-order valence-electron chi connectivity index (χ3n) is 5.47. The van der Waals surface area contributed by atoms with Crippen LogP contribution in [-0.2, 0) is 19.6 Å². The van der Waals surface area contributed by atoms with E-state index in [-0.39, 0.29) is 6.61 Å². The molecular formula is C22H26N2O5. The van der Waals surface area contributed by atoms with Gasteiger partial charge >= 0.3 is 0 Å². The van der Waals surface area contributed by atoms with Crippen LogP contribution >= 0.6 is 0 Å². The Morgan fingerprint density at radius 3 is 2.62 bits per heavy atom. The highest BCUT2D eigenvalue weighted by Gasteiger charge is 2.34. The molecule has 0 unspecified atom stereocenters. The van der Waals surface area contributed by atoms with Crippen LogP contribution in [0.15, 0.2) is 51.4 Å². The molecule has 0 bridgehead atoms. The van der Waals surface area contributed by atoms with E-state index in [0.29, 0.717) is 37.3 Å². The Balaban J connectivity index is 1.34. The largest absolute Gasteiger partial charge is 0.497 e. The number of nitrogens with zero attached hydrogens (tertiary/aromatic N) is 2. The number of benzene rings is 1. The molecule has 7 nitrogen and oxygen atoms in total. The topological polar surface area (TPSA) is 92.1 Å². The van der Waals surface area contributed by atoms with Crippen LogP contribution in [0.2, 0.25) is 0 Å². The van der Waals surface area contributed by atoms with Crippen molar-refractivity contribution in [3.05, 3.63) is 59.7 Å². The molecule has 1 fully saturated rings. The number of furan rings is 1. The minimum atomic E-state index is -0.804. The lowest BCUT2D eigenvalue weighted by Gasteiger charge is -2.37. The first kappa shape index (κ1) is 19.7. The lowest BCUT2D eigenvalue weighted by atomic mass is 9.87. The first-order chi connectivity index (χ1) is 14.1. The number of hydrogen-bond acceptors (Lipinski definition) is 7. The fraction of sp³-hybridized carbons (Fsp3) is 0.409. The van der Waals surface area contributed by atoms with E-state index in [4.69, 9.17) is 18.8 Å². The van der Waals surface area contributed by atoms with Gasteiger partial charge in [-0.15, -0.1) is 0 Å². The van der Waals surface area contributed by atoms with Gasteiger partial charge in [0.2, 0.25) is 0 Å². The van der Waals surface area contributed by atoms with Crippen molar-refractivity contribution < 1.29 is 23.9 Å². The van der Waals surface area contributed by atoms with Gasteiger partial charge in [0.1, 0.15) is 35.3 Å². The van der Waals surface area contributed by atoms with E-state index in [1.54, 1.807) is 13.2 Å². The van der Waals surface area contributed by atoms with Crippen LogP contribution in [-0.4, -0.2) is 46.1 Å². The summed E-state index contributed by atoms with van der Waals surface area (Å²) < 4.78 is 16.3. The van der Waals surface area contributed by atoms with Gasteiger partial charge in [-0.05, 0) is 37.1 Å². The summed E-state index contributed by atoms with van der Waals surface area (Å²) in [6.07, 6.45) is 1.73. The predicted octanol–water partition coefficient (Wildman–Crippen LogP) is 3.01. The SMILES string of the molecule is COc1cccc(-c2cc(CC3(O)CCN(Cc4ccc(CO)o4)CC3)on2)c1. The van der Waals surface area contributed by atoms with Crippen LogP contribution in [0.5, 0.6) is 5.75 Å². The number of rotatable bonds is 7. The summed E-state index contributed by atoms with van der Waals surface area (Å²) in [7, 11) is 1.63. The Hall–Kier alpha value is -2.61. The molecule has 1 saturated heterocycles. The highest BCUT2D eigenvalue weighted by molar-refractivity contribution is 5.60. The lowest BCUT2D eigenvalue weighted by Crippen LogP contribution is -2.45. The second kappa shape index (κ2) is 8.41. The third kappa shape index (κ3) is 4.70. The molecule has 0 radical (unpaired) electrons. The van der Waals surface area contributed by atoms with E-state index in [1.807, 2.05) is 36.4 Å². The van der Waals surface area contributed by atoms with Crippen molar-refractivity contribution in [2.24, 2.45) is 0 Å². The average molecular weight is 398 g/mol. The van der Waals surface area contributed by atoms with Gasteiger partial charge in [0, 0.05) is 31.1 Å². The molecular weight excluding hydrogens is 372 g/mol. The van der Waals surface area contributed by atoms with Gasteiger partial charge in [-0.2, -0.15) is 0 Å². The summed E-state index contributed by atoms with van der Waals surface area (Å²) in [5.41, 5.74) is 0.848. The van der Waals surface area contributed by atoms with Gasteiger partial charge in [-0.25, -0.2) is 0 Å². The molecule has 0 aliphatic carbocycles. The molecule has 3 aromatic rings. The Kier molecular flexibility index (Phi) is 5.71. The molecule has 2 aromatic heterocycles. The van der Waals surface area contributed by atoms with Crippen molar-refractivity contribution in [2.45, 2.75) is 38.0 Å². The maximum Gasteiger partial charge on any atom is 0.140 e. The summed E-state index contributed by atoms with van der Waals surface area (Å²) in [6.45, 7) is 2.12. The molecule has 4 rings (SSSR count). The van der Waals surface area contributed by atoms with E-state index in [9.17, 15) is 5.11 Å². The van der Waals surface area contributed by atoms with Crippen LogP contribution in [0, 0.1) is 0 Å². The third-order valence-corrected chi connectivity index (χ3v) is 5.47. The maximum atomic E-state index is 11.0. The van der Waals surface area contributed by atoms with Gasteiger partial charge in [0.15, 0.2) is 0 Å². The zero-order chi connectivity index (χ0) is 20.3. The van der Waals surface area contributed by atoms with Gasteiger partial charge < -0.3 is 23.9 Å². The highest BCUT2D eigenvalue weighted by atomic mass is 16.5. The zero-order valence-corrected chi connectivity index (χ0v) is 16.5. The van der Waals surface area contributed by atoms with Crippen LogP contribution in [0.25, 0.3) is 11.3 Å². The van der Waals surface area contributed by atoms with Crippen LogP contribution < -0.4 is 4.74 Å². The number of methoxy groups -OCH3 is 1. The summed E-state index contributed by atoms with van der Waals surface area (Å²) in [6, 6.07) is 13.2. The molecule has 154 valence electrons. The molecule has 0 amide bonds. The number of aliphatic hydroxyl groups is 2. The van der Waals surface area contributed by atoms with Crippen molar-refractivity contribution in [1.82, 2.24) is 10.1 Å². The molecule has 2 N–H and O–H groups in total. The molecule has 1 aromatic carbocycles. The Bertz CT molecular complexity index is 940. The molecule has 0 saturated carbocycles. The molecule has 29 heavy (non-hydrogen) atoms. The van der Waals surface area contributed by atoms with Crippen molar-refractivity contribution >= 4 is 0 Å². The van der Waals surface area contributed by atoms with E-state index in [0.717, 1.165) is 35.9 Å². The van der Waals surface area contributed by atoms with Crippen LogP contribution in [0.3, 0.4) is 0 Å². The van der Waals surface area contributed by atoms with E-state index < -0.39 is 5.60 Å². The van der Waals surface area contributed by atoms with Crippen molar-refractivity contribution in [1.29, 1.82) is 0 Å². The summed E-state index contributed by atoms with van der Waals surface area (Å²) in [4.78, 5) is 2.25. The van der Waals surface area contributed by atoms with Gasteiger partial charge in [-0.3, -0.25) is 4.90 Å². The number of ether oxygens (including phenoxy) is 1. The molecule has 1 aliphatic heterocycles. The van der Waals surface area contributed by atoms with Crippen molar-refractivity contribution in [3.63, 3.8) is 0 Å². The fourth-order valence-electron chi connectivity index (χ4n) is 3.76. The second-order valence-electron chi connectivity index (χ2n) is 7.61. The zero-order valence-electron chi connectivity index (χ0n) is 16.5. The second-order valence-corrected chi connectivity index (χ2v) is 7.61. The monoisotopic (exact) mass is 398 g/mol. The molecule has 7 heteroatoms. The van der Waals surface area contributed by atoms with Crippen LogP contribution in [0.4, 0.5) is 0 Å². The Morgan fingerprint density at radius 1 is 1.10 bits per heavy atom. The smallest absolute Gasteiger partial charge is 0.140 e. The fourth-order valence-corrected chi connectivity index (χ4v) is 3.76. The number of hydrogen-bond donors (Lipinski definition) is 2. The summed E-state index contributed by atoms with van der Waals surface area (Å²) in [5, 5.41) is 24.3. The maximum absolute atomic E-state index is 11.0. The van der Waals surface area contributed by atoms with Crippen molar-refractivity contribution in [2.75, 3.05) is 20.2 Å². The summed E-state index contributed by atoms with van der Waals surface area (Å²) in [5.74, 6) is 2.85. The van der Waals surface area contributed by atoms with Gasteiger partial charge in [0.05, 0.1) is 19.3 Å². The highest BCUT2D eigenvalue weighted by Crippen LogP contribution is 2.30. The normalized spacial score (nSPS) is 16.8. The molecule has 1 aliphatic rings. The number of aromatic nitrogens is 1. The Labute approximate surface area is 169 Å². The predicted molar refractivity (Wildman–Crippen MR) is 106 cm³/mol. The van der Waals surface area contributed by atoms with Crippen molar-refractivity contribution in [3.8, 4) is 17.0 Å². The standard InChI is InChI=1S/C22H26N2O5/c1-27-17-4-2-3-16(11-17)21-12-20(29-23-21)13-22(26)7-9-24(10-8-22)14-18-5-6-19(15-25)28-18/h2-6,11-12,25-26H,7-10,13-15H2,1H3. The number of aliphatic hydroxyl groups excluding tert-OH is 1. The van der Waals surface area contributed by atoms with Gasteiger partial charge in [-0.1, -0.05) is 17.3 Å². The minimum Gasteiger partial charge on any atom is -0.497 e. The lowest BCUT2D eigenvalue weighted by molar-refractivity contribution is -0.0277. The molecule has 0 atom stereocenters. The van der Waals surface area contributed by atoms with Crippen LogP contribution in [0.1, 0.15) is 30.1 Å². The first-order valence-electron chi connectivity index (χ1n) is 9.80. The Morgan fingerprint density at radius 2 is 1.90 bits per heavy atom. The minimum absolute atomic E-state index is 0.0886. The van der Waals surface area contributed by atoms with E-state index in [2.05, 4.69) is 10.1 Å². The quantitative estimate of drug-likeness (QED) is 0.632. The number of likely N-dealkylation sites (tertiary alicyclic amines) is 1.